The van der Waals surface area contributed by atoms with E-state index < -0.39 is 60.4 Å². The van der Waals surface area contributed by atoms with E-state index in [9.17, 15) is 34.2 Å². The Morgan fingerprint density at radius 1 is 1.17 bits per heavy atom. The molecule has 2 atom stereocenters. The molecule has 0 aromatic rings. The molecule has 0 spiro atoms. The van der Waals surface area contributed by atoms with E-state index in [0.717, 1.165) is 0 Å². The summed E-state index contributed by atoms with van der Waals surface area (Å²) in [5, 5.41) is 35.8. The second kappa shape index (κ2) is 16.3. The van der Waals surface area contributed by atoms with Crippen LogP contribution in [0.25, 0.3) is 0 Å². The second-order valence-electron chi connectivity index (χ2n) is 5.23. The van der Waals surface area contributed by atoms with Gasteiger partial charge >= 0.3 is 71.1 Å². The average molecular weight is 484 g/mol. The minimum atomic E-state index is -5.44. The Bertz CT molecular complexity index is 668. The summed E-state index contributed by atoms with van der Waals surface area (Å²) in [6, 6.07) is -3.15. The van der Waals surface area contributed by atoms with E-state index in [1.165, 1.54) is 0 Å². The zero-order valence-electron chi connectivity index (χ0n) is 15.9. The number of carboxylic acids is 3. The Labute approximate surface area is 212 Å². The number of nitrogens with zero attached hydrogens (tertiary/aromatic N) is 3. The second-order valence-corrected chi connectivity index (χ2v) is 6.67. The van der Waals surface area contributed by atoms with Gasteiger partial charge in [-0.15, -0.1) is 0 Å². The molecule has 0 unspecified atom stereocenters. The predicted octanol–water partition coefficient (Wildman–Crippen LogP) is -6.99. The first-order chi connectivity index (χ1) is 13.1. The van der Waals surface area contributed by atoms with Crippen molar-refractivity contribution in [3.05, 3.63) is 10.1 Å². The van der Waals surface area contributed by atoms with Gasteiger partial charge in [0, 0.05) is 19.0 Å². The maximum absolute atomic E-state index is 10.7. The molecule has 0 heterocycles. The molecule has 168 valence electrons. The normalized spacial score (nSPS) is 12.1. The number of rotatable bonds is 12. The van der Waals surface area contributed by atoms with E-state index in [4.69, 9.17) is 37.2 Å². The predicted molar refractivity (Wildman–Crippen MR) is 92.1 cm³/mol. The summed E-state index contributed by atoms with van der Waals surface area (Å²) in [6.45, 7) is 0.392. The molecule has 0 saturated carbocycles. The van der Waals surface area contributed by atoms with E-state index in [2.05, 4.69) is 4.99 Å². The molecule has 0 bridgehead atoms. The number of aliphatic imine (C=N–C) groups is 1. The van der Waals surface area contributed by atoms with E-state index in [1.54, 1.807) is 0 Å². The van der Waals surface area contributed by atoms with Crippen LogP contribution in [-0.4, -0.2) is 72.3 Å². The van der Waals surface area contributed by atoms with Gasteiger partial charge in [-0.2, -0.15) is 0 Å². The van der Waals surface area contributed by atoms with Crippen LogP contribution in [0.1, 0.15) is 25.7 Å². The topological polar surface area (TPSA) is 309 Å². The van der Waals surface area contributed by atoms with Crippen LogP contribution in [0.15, 0.2) is 4.99 Å². The molecule has 17 nitrogen and oxygen atoms in total. The van der Waals surface area contributed by atoms with Gasteiger partial charge in [0.25, 0.3) is 0 Å². The summed E-state index contributed by atoms with van der Waals surface area (Å²) in [5.74, 6) is -4.59. The smallest absolute Gasteiger partial charge is 0.548 e. The molecule has 19 heteroatoms. The van der Waals surface area contributed by atoms with Crippen LogP contribution in [-0.2, 0) is 18.9 Å². The Kier molecular flexibility index (Phi) is 18.1. The van der Waals surface area contributed by atoms with Gasteiger partial charge < -0.3 is 47.1 Å². The van der Waals surface area contributed by atoms with Gasteiger partial charge in [0.05, 0.1) is 5.97 Å². The maximum atomic E-state index is 10.7. The fraction of sp³-hybridized carbons (Fsp3) is 0.636. The van der Waals surface area contributed by atoms with Gasteiger partial charge in [0.1, 0.15) is 0 Å². The molecular formula is C11H22KN6O11P. The number of carboxylic acid groups (broad SMARTS) is 3. The number of aliphatic carboxylic acids is 3. The number of carbonyl (C=O) groups excluding carboxylic acids is 1. The van der Waals surface area contributed by atoms with Crippen molar-refractivity contribution >= 4 is 31.6 Å². The Morgan fingerprint density at radius 3 is 1.97 bits per heavy atom. The Balaban J connectivity index is -0.000000497. The van der Waals surface area contributed by atoms with Gasteiger partial charge in [-0.1, -0.05) is 0 Å². The maximum Gasteiger partial charge on any atom is 1.00 e. The van der Waals surface area contributed by atoms with Crippen molar-refractivity contribution in [2.45, 2.75) is 37.8 Å². The van der Waals surface area contributed by atoms with Crippen LogP contribution in [0, 0.1) is 10.1 Å². The third kappa shape index (κ3) is 16.4. The van der Waals surface area contributed by atoms with Crippen LogP contribution in [0.5, 0.6) is 0 Å². The molecule has 0 aromatic heterocycles. The zero-order valence-corrected chi connectivity index (χ0v) is 19.9. The van der Waals surface area contributed by atoms with E-state index in [-0.39, 0.29) is 57.3 Å². The standard InChI is InChI=1S/C6H14N4O2.C5H9N2O9P.K/c7-4(5(11)12)2-1-3-10-6(8)9;8-4(9)2-1-3(5(10)11)6(7(12)13)17(14,15)16;/h4H,1-3,7H2,(H,11,12)(H4,8,9,10);3H,1-2H2,(H,8,9)(H,10,11)(H2,14,15,16);/q;;+1/p-1/t4-;3-;/m00./s1. The number of hydrogen-bond acceptors (Lipinski definition) is 9. The van der Waals surface area contributed by atoms with Crippen molar-refractivity contribution in [2.75, 3.05) is 6.54 Å². The van der Waals surface area contributed by atoms with Crippen molar-refractivity contribution in [2.24, 2.45) is 22.2 Å². The molecule has 0 saturated heterocycles. The van der Waals surface area contributed by atoms with Gasteiger partial charge in [-0.3, -0.25) is 9.79 Å². The fourth-order valence-electron chi connectivity index (χ4n) is 1.63. The van der Waals surface area contributed by atoms with Gasteiger partial charge in [0.2, 0.25) is 0 Å². The number of carbonyl (C=O) groups is 3. The molecule has 0 aliphatic carbocycles. The van der Waals surface area contributed by atoms with Gasteiger partial charge in [0.15, 0.2) is 17.0 Å². The first kappa shape index (κ1) is 33.3. The van der Waals surface area contributed by atoms with Crippen LogP contribution in [0.3, 0.4) is 0 Å². The molecule has 30 heavy (non-hydrogen) atoms. The van der Waals surface area contributed by atoms with Gasteiger partial charge in [-0.05, 0) is 24.0 Å². The minimum absolute atomic E-state index is 0. The summed E-state index contributed by atoms with van der Waals surface area (Å²) >= 11 is 0. The summed E-state index contributed by atoms with van der Waals surface area (Å²) in [4.78, 5) is 62.2. The number of hydrogen-bond donors (Lipinski definition) is 7. The SMILES string of the molecule is NC(N)=NCCC[C@H](N)C(=O)[O-].O=C(O)CC[C@@H](C(=O)O)N([N+](=O)[O-])P(=O)(O)O.[K+]. The van der Waals surface area contributed by atoms with Crippen molar-refractivity contribution in [3.63, 3.8) is 0 Å². The van der Waals surface area contributed by atoms with E-state index >= 15 is 0 Å². The number of nitrogens with two attached hydrogens (primary N) is 3. The summed E-state index contributed by atoms with van der Waals surface area (Å²) < 4.78 is 9.97. The summed E-state index contributed by atoms with van der Waals surface area (Å²) in [6.07, 6.45) is -0.732. The van der Waals surface area contributed by atoms with E-state index in [1.807, 2.05) is 0 Å². The molecule has 0 aromatic carbocycles. The average Bonchev–Trinajstić information content (AvgIpc) is 2.53. The largest absolute Gasteiger partial charge is 1.00 e. The third-order valence-corrected chi connectivity index (χ3v) is 3.86. The molecule has 0 amide bonds. The van der Waals surface area contributed by atoms with Crippen molar-refractivity contribution in [3.8, 4) is 0 Å². The van der Waals surface area contributed by atoms with Crippen molar-refractivity contribution in [1.82, 2.24) is 4.78 Å². The molecule has 10 N–H and O–H groups in total. The van der Waals surface area contributed by atoms with E-state index in [0.29, 0.717) is 19.4 Å². The molecule has 0 radical (unpaired) electrons. The molecule has 0 fully saturated rings. The molecular weight excluding hydrogens is 462 g/mol. The molecule has 0 aliphatic rings. The molecule has 0 rings (SSSR count). The first-order valence-electron chi connectivity index (χ1n) is 7.57. The Morgan fingerprint density at radius 2 is 1.67 bits per heavy atom. The fourth-order valence-corrected chi connectivity index (χ4v) is 2.39. The summed E-state index contributed by atoms with van der Waals surface area (Å²) in [5.41, 5.74) is 15.2. The number of hydrazine groups is 1. The third-order valence-electron chi connectivity index (χ3n) is 2.90. The molecule has 0 aliphatic heterocycles. The minimum Gasteiger partial charge on any atom is -0.548 e. The Hall–Kier alpha value is -1.37. The quantitative estimate of drug-likeness (QED) is 0.0257. The zero-order chi connectivity index (χ0) is 23.4. The van der Waals surface area contributed by atoms with Crippen molar-refractivity contribution < 1.29 is 100 Å². The van der Waals surface area contributed by atoms with Crippen LogP contribution >= 0.6 is 7.75 Å². The number of nitro groups is 1. The van der Waals surface area contributed by atoms with Crippen molar-refractivity contribution in [1.29, 1.82) is 0 Å². The first-order valence-corrected chi connectivity index (χ1v) is 9.13. The van der Waals surface area contributed by atoms with Crippen LogP contribution < -0.4 is 73.7 Å². The summed E-state index contributed by atoms with van der Waals surface area (Å²) in [7, 11) is -5.44. The monoisotopic (exact) mass is 484 g/mol. The van der Waals surface area contributed by atoms with Crippen LogP contribution in [0.2, 0.25) is 0 Å². The van der Waals surface area contributed by atoms with Crippen LogP contribution in [0.4, 0.5) is 0 Å². The number of guanidine groups is 1. The van der Waals surface area contributed by atoms with Gasteiger partial charge in [-0.25, -0.2) is 19.5 Å².